The number of nitrogens with one attached hydrogen (secondary N) is 1. The van der Waals surface area contributed by atoms with E-state index in [9.17, 15) is 55.9 Å². The van der Waals surface area contributed by atoms with Crippen LogP contribution in [0.5, 0.6) is 0 Å². The normalized spacial score (nSPS) is 49.0. The lowest BCUT2D eigenvalue weighted by atomic mass is 9.95. The molecule has 3 saturated heterocycles. The van der Waals surface area contributed by atoms with Crippen LogP contribution >= 0.6 is 0 Å². The number of hydrogen-bond acceptors (Lipinski definition) is 16. The molecule has 17 heteroatoms. The van der Waals surface area contributed by atoms with Crippen LogP contribution in [0, 0.1) is 0 Å². The van der Waals surface area contributed by atoms with Crippen molar-refractivity contribution < 1.29 is 79.5 Å². The third-order valence-corrected chi connectivity index (χ3v) is 6.47. The largest absolute Gasteiger partial charge is 0.394 e. The summed E-state index contributed by atoms with van der Waals surface area (Å²) in [6, 6.07) is -1.38. The number of aliphatic hydroxyl groups excluding tert-OH is 10. The van der Waals surface area contributed by atoms with Crippen molar-refractivity contribution in [2.75, 3.05) is 19.8 Å². The molecule has 0 aromatic rings. The topological polar surface area (TPSA) is 278 Å². The number of aliphatic hydroxyl groups is 10. The molecule has 0 bridgehead atoms. The van der Waals surface area contributed by atoms with E-state index in [4.69, 9.17) is 23.7 Å². The number of carbonyl (C=O) groups excluding carboxylic acids is 1. The zero-order valence-electron chi connectivity index (χ0n) is 19.7. The highest BCUT2D eigenvalue weighted by Gasteiger charge is 2.52. The number of hydrogen-bond donors (Lipinski definition) is 11. The van der Waals surface area contributed by atoms with Crippen LogP contribution in [-0.2, 0) is 28.5 Å². The molecule has 0 aromatic heterocycles. The van der Waals surface area contributed by atoms with Gasteiger partial charge in [0, 0.05) is 6.92 Å². The minimum atomic E-state index is -1.84. The number of rotatable bonds is 8. The Hall–Kier alpha value is -1.13. The third kappa shape index (κ3) is 6.55. The van der Waals surface area contributed by atoms with Crippen LogP contribution in [0.4, 0.5) is 0 Å². The Bertz CT molecular complexity index is 745. The van der Waals surface area contributed by atoms with Gasteiger partial charge in [0.1, 0.15) is 73.2 Å². The van der Waals surface area contributed by atoms with E-state index in [1.54, 1.807) is 0 Å². The molecule has 15 atom stereocenters. The molecular formula is C20H35NO16. The molecule has 0 spiro atoms. The van der Waals surface area contributed by atoms with Crippen molar-refractivity contribution >= 4 is 5.91 Å². The van der Waals surface area contributed by atoms with Crippen molar-refractivity contribution in [2.24, 2.45) is 0 Å². The Morgan fingerprint density at radius 3 is 1.86 bits per heavy atom. The SMILES string of the molecule is CC(=O)N[C@H]1[C@H](OC[C@H]2O[C@@H](O)[C@@H](O)[C@@H](O)[C@@H]2O)O[C@H](CO)[C@@H](O[C@@H]2O[C@H](CO)[C@@H](O)[C@H](O)[C@@H]2O)[C@@H]1O. The lowest BCUT2D eigenvalue weighted by Crippen LogP contribution is -2.68. The fourth-order valence-electron chi connectivity index (χ4n) is 4.36. The molecule has 1 amide bonds. The summed E-state index contributed by atoms with van der Waals surface area (Å²) in [6.45, 7) is -0.959. The van der Waals surface area contributed by atoms with Crippen LogP contribution in [0.25, 0.3) is 0 Å². The average molecular weight is 545 g/mol. The van der Waals surface area contributed by atoms with Crippen molar-refractivity contribution in [1.82, 2.24) is 5.32 Å². The van der Waals surface area contributed by atoms with Gasteiger partial charge in [0.15, 0.2) is 18.9 Å². The van der Waals surface area contributed by atoms with Gasteiger partial charge in [-0.05, 0) is 0 Å². The summed E-state index contributed by atoms with van der Waals surface area (Å²) in [7, 11) is 0. The van der Waals surface area contributed by atoms with Crippen molar-refractivity contribution in [3.05, 3.63) is 0 Å². The predicted molar refractivity (Wildman–Crippen MR) is 113 cm³/mol. The first kappa shape index (κ1) is 30.4. The van der Waals surface area contributed by atoms with Gasteiger partial charge in [-0.3, -0.25) is 4.79 Å². The molecule has 0 aliphatic carbocycles. The van der Waals surface area contributed by atoms with Gasteiger partial charge in [-0.25, -0.2) is 0 Å². The van der Waals surface area contributed by atoms with E-state index in [0.29, 0.717) is 0 Å². The van der Waals surface area contributed by atoms with Crippen LogP contribution in [0.3, 0.4) is 0 Å². The second kappa shape index (κ2) is 12.8. The van der Waals surface area contributed by atoms with Crippen molar-refractivity contribution in [2.45, 2.75) is 99.0 Å². The maximum atomic E-state index is 11.8. The molecule has 0 radical (unpaired) electrons. The summed E-state index contributed by atoms with van der Waals surface area (Å²) in [5, 5.41) is 102. The third-order valence-electron chi connectivity index (χ3n) is 6.47. The van der Waals surface area contributed by atoms with Crippen LogP contribution in [0.15, 0.2) is 0 Å². The van der Waals surface area contributed by atoms with Crippen LogP contribution in [0.2, 0.25) is 0 Å². The first-order valence-electron chi connectivity index (χ1n) is 11.6. The number of carbonyl (C=O) groups is 1. The maximum absolute atomic E-state index is 11.8. The highest BCUT2D eigenvalue weighted by Crippen LogP contribution is 2.30. The molecular weight excluding hydrogens is 510 g/mol. The summed E-state index contributed by atoms with van der Waals surface area (Å²) in [4.78, 5) is 11.8. The Morgan fingerprint density at radius 1 is 0.703 bits per heavy atom. The smallest absolute Gasteiger partial charge is 0.217 e. The Morgan fingerprint density at radius 2 is 1.27 bits per heavy atom. The summed E-state index contributed by atoms with van der Waals surface area (Å²) in [6.07, 6.45) is -22.7. The Labute approximate surface area is 210 Å². The van der Waals surface area contributed by atoms with Gasteiger partial charge in [0.2, 0.25) is 5.91 Å². The fourth-order valence-corrected chi connectivity index (χ4v) is 4.36. The van der Waals surface area contributed by atoms with Crippen molar-refractivity contribution in [3.63, 3.8) is 0 Å². The van der Waals surface area contributed by atoms with E-state index >= 15 is 0 Å². The zero-order chi connectivity index (χ0) is 27.6. The summed E-state index contributed by atoms with van der Waals surface area (Å²) in [5.74, 6) is -0.641. The molecule has 3 aliphatic heterocycles. The summed E-state index contributed by atoms with van der Waals surface area (Å²) < 4.78 is 27.0. The van der Waals surface area contributed by atoms with E-state index in [1.165, 1.54) is 0 Å². The second-order valence-corrected chi connectivity index (χ2v) is 9.11. The molecule has 0 saturated carbocycles. The van der Waals surface area contributed by atoms with Gasteiger partial charge < -0.3 is 80.1 Å². The van der Waals surface area contributed by atoms with Gasteiger partial charge in [-0.15, -0.1) is 0 Å². The molecule has 17 nitrogen and oxygen atoms in total. The first-order valence-corrected chi connectivity index (χ1v) is 11.6. The minimum Gasteiger partial charge on any atom is -0.394 e. The van der Waals surface area contributed by atoms with Crippen LogP contribution < -0.4 is 5.32 Å². The first-order chi connectivity index (χ1) is 17.4. The summed E-state index contributed by atoms with van der Waals surface area (Å²) in [5.41, 5.74) is 0. The molecule has 37 heavy (non-hydrogen) atoms. The van der Waals surface area contributed by atoms with Crippen LogP contribution in [-0.4, -0.2) is 169 Å². The van der Waals surface area contributed by atoms with Gasteiger partial charge in [-0.1, -0.05) is 0 Å². The number of amides is 1. The van der Waals surface area contributed by atoms with Crippen molar-refractivity contribution in [3.8, 4) is 0 Å². The standard InChI is InChI=1S/C20H35NO16/c1-5(24)21-9-12(27)17(37-20-16(31)14(29)10(25)6(2-22)35-20)7(3-23)36-19(9)33-4-8-11(26)13(28)15(30)18(32)34-8/h6-20,22-23,25-32H,2-4H2,1H3,(H,21,24)/t6-,7-,8-,9-,10-,11-,12-,13+,14+,15+,16+,17-,18-,19-,20+/m1/s1. The zero-order valence-corrected chi connectivity index (χ0v) is 19.7. The lowest BCUT2D eigenvalue weighted by molar-refractivity contribution is -0.352. The fraction of sp³-hybridized carbons (Fsp3) is 0.950. The van der Waals surface area contributed by atoms with E-state index in [-0.39, 0.29) is 0 Å². The van der Waals surface area contributed by atoms with Crippen LogP contribution in [0.1, 0.15) is 6.92 Å². The predicted octanol–water partition coefficient (Wildman–Crippen LogP) is -7.43. The molecule has 11 N–H and O–H groups in total. The summed E-state index contributed by atoms with van der Waals surface area (Å²) >= 11 is 0. The van der Waals surface area contributed by atoms with E-state index in [1.807, 2.05) is 0 Å². The van der Waals surface area contributed by atoms with Gasteiger partial charge in [-0.2, -0.15) is 0 Å². The average Bonchev–Trinajstić information content (AvgIpc) is 2.86. The molecule has 3 aliphatic rings. The van der Waals surface area contributed by atoms with Gasteiger partial charge in [0.05, 0.1) is 19.8 Å². The van der Waals surface area contributed by atoms with E-state index in [0.717, 1.165) is 6.92 Å². The Balaban J connectivity index is 1.74. The Kier molecular flexibility index (Phi) is 10.5. The molecule has 0 unspecified atom stereocenters. The second-order valence-electron chi connectivity index (χ2n) is 9.11. The highest BCUT2D eigenvalue weighted by molar-refractivity contribution is 5.73. The minimum absolute atomic E-state index is 0.564. The molecule has 216 valence electrons. The lowest BCUT2D eigenvalue weighted by Gasteiger charge is -2.47. The van der Waals surface area contributed by atoms with Crippen molar-refractivity contribution in [1.29, 1.82) is 0 Å². The molecule has 3 heterocycles. The van der Waals surface area contributed by atoms with Gasteiger partial charge in [0.25, 0.3) is 0 Å². The number of ether oxygens (including phenoxy) is 5. The monoisotopic (exact) mass is 545 g/mol. The van der Waals surface area contributed by atoms with Gasteiger partial charge >= 0.3 is 0 Å². The molecule has 0 aromatic carbocycles. The highest BCUT2D eigenvalue weighted by atomic mass is 16.7. The molecule has 3 fully saturated rings. The van der Waals surface area contributed by atoms with E-state index in [2.05, 4.69) is 5.32 Å². The quantitative estimate of drug-likeness (QED) is 0.135. The van der Waals surface area contributed by atoms with E-state index < -0.39 is 118 Å². The molecule has 3 rings (SSSR count). The maximum Gasteiger partial charge on any atom is 0.217 e.